The molecule has 0 spiro atoms. The summed E-state index contributed by atoms with van der Waals surface area (Å²) in [5.74, 6) is -6.78. The summed E-state index contributed by atoms with van der Waals surface area (Å²) < 4.78 is 55.0. The molecule has 17 heteroatoms. The van der Waals surface area contributed by atoms with Crippen LogP contribution in [-0.4, -0.2) is 84.4 Å². The van der Waals surface area contributed by atoms with Gasteiger partial charge in [0.2, 0.25) is 17.6 Å². The number of rotatable bonds is 14. The van der Waals surface area contributed by atoms with Crippen molar-refractivity contribution < 1.29 is 46.6 Å². The predicted octanol–water partition coefficient (Wildman–Crippen LogP) is 4.64. The number of carbonyl (C=O) groups excluding carboxylic acids is 5. The summed E-state index contributed by atoms with van der Waals surface area (Å²) in [7, 11) is 0. The highest BCUT2D eigenvalue weighted by molar-refractivity contribution is 7.14. The molecule has 3 aromatic rings. The van der Waals surface area contributed by atoms with Crippen LogP contribution in [0.3, 0.4) is 0 Å². The summed E-state index contributed by atoms with van der Waals surface area (Å²) in [6, 6.07) is 3.49. The Balaban J connectivity index is 1.06. The monoisotopic (exact) mass is 770 g/mol. The maximum atomic E-state index is 15.2. The molecule has 288 valence electrons. The quantitative estimate of drug-likeness (QED) is 0.196. The molecule has 13 nitrogen and oxygen atoms in total. The van der Waals surface area contributed by atoms with Gasteiger partial charge in [0.25, 0.3) is 17.7 Å². The number of primary amides is 1. The van der Waals surface area contributed by atoms with Crippen molar-refractivity contribution >= 4 is 51.7 Å². The number of piperidine rings is 1. The summed E-state index contributed by atoms with van der Waals surface area (Å²) >= 11 is 1.35. The topological polar surface area (TPSA) is 173 Å². The fraction of sp³-hybridized carbons (Fsp3) is 0.459. The van der Waals surface area contributed by atoms with Gasteiger partial charge in [-0.15, -0.1) is 11.3 Å². The van der Waals surface area contributed by atoms with Crippen LogP contribution in [0.4, 0.5) is 24.0 Å². The van der Waals surface area contributed by atoms with Crippen LogP contribution in [-0.2, 0) is 19.1 Å². The highest BCUT2D eigenvalue weighted by atomic mass is 32.1. The second kappa shape index (κ2) is 15.8. The second-order valence-corrected chi connectivity index (χ2v) is 15.5. The maximum absolute atomic E-state index is 15.2. The van der Waals surface area contributed by atoms with Crippen molar-refractivity contribution in [3.8, 4) is 17.0 Å². The van der Waals surface area contributed by atoms with Crippen LogP contribution in [0, 0.1) is 28.8 Å². The lowest BCUT2D eigenvalue weighted by atomic mass is 9.83. The van der Waals surface area contributed by atoms with Crippen LogP contribution in [0.25, 0.3) is 11.3 Å². The Hall–Kier alpha value is -5.03. The number of halogens is 3. The van der Waals surface area contributed by atoms with Crippen molar-refractivity contribution in [3.63, 3.8) is 0 Å². The number of nitrogens with zero attached hydrogens (tertiary/aromatic N) is 3. The third-order valence-corrected chi connectivity index (χ3v) is 10.8. The lowest BCUT2D eigenvalue weighted by Crippen LogP contribution is -2.54. The van der Waals surface area contributed by atoms with E-state index in [4.69, 9.17) is 20.2 Å². The lowest BCUT2D eigenvalue weighted by Gasteiger charge is -2.37. The fourth-order valence-corrected chi connectivity index (χ4v) is 7.83. The van der Waals surface area contributed by atoms with Crippen molar-refractivity contribution in [1.29, 1.82) is 0 Å². The van der Waals surface area contributed by atoms with Gasteiger partial charge in [0, 0.05) is 30.5 Å². The number of anilines is 2. The number of thiazole rings is 1. The minimum absolute atomic E-state index is 0.00518. The van der Waals surface area contributed by atoms with E-state index in [1.165, 1.54) is 23.5 Å². The number of aromatic nitrogens is 1. The number of imide groups is 2. The zero-order valence-electron chi connectivity index (χ0n) is 30.0. The lowest BCUT2D eigenvalue weighted by molar-refractivity contribution is -0.136. The molecular weight excluding hydrogens is 730 g/mol. The highest BCUT2D eigenvalue weighted by Gasteiger charge is 2.45. The summed E-state index contributed by atoms with van der Waals surface area (Å²) in [5.41, 5.74) is 5.34. The number of nitrogens with two attached hydrogens (primary N) is 1. The molecule has 3 unspecified atom stereocenters. The molecule has 0 saturated carbocycles. The molecule has 3 aliphatic heterocycles. The number of nitrogens with one attached hydrogen (secondary N) is 2. The van der Waals surface area contributed by atoms with Gasteiger partial charge in [0.15, 0.2) is 23.3 Å². The Bertz CT molecular complexity index is 1990. The molecular formula is C37H41F3N6O7S. The standard InChI is InChI=1S/C37H41F3N6O7S/c1-19(12-20-15-52-11-10-45(20)36-43-27(17-54-36)21-4-5-24(38)31(40)32(21)53-16-29(41)47)8-9-37(2,3)18-42-26-14-23-22(13-25(26)39)34(50)46(35(23)51)28-6-7-30(48)44-33(28)49/h4-5,13-14,17,19-20,28,42H,6-12,15-16,18H2,1-3H3,(H2,41,47)(H,44,48,49). The molecule has 4 N–H and O–H groups in total. The molecule has 0 bridgehead atoms. The molecule has 2 aromatic carbocycles. The minimum atomic E-state index is -1.23. The molecule has 3 atom stereocenters. The first-order valence-electron chi connectivity index (χ1n) is 17.6. The summed E-state index contributed by atoms with van der Waals surface area (Å²) in [4.78, 5) is 69.2. The fourth-order valence-electron chi connectivity index (χ4n) is 6.91. The van der Waals surface area contributed by atoms with Crippen LogP contribution in [0.2, 0.25) is 0 Å². The van der Waals surface area contributed by atoms with Gasteiger partial charge in [-0.05, 0) is 54.9 Å². The Labute approximate surface area is 313 Å². The molecule has 6 rings (SSSR count). The molecule has 0 aliphatic carbocycles. The average molecular weight is 771 g/mol. The minimum Gasteiger partial charge on any atom is -0.480 e. The maximum Gasteiger partial charge on any atom is 0.262 e. The summed E-state index contributed by atoms with van der Waals surface area (Å²) in [5, 5.41) is 7.65. The number of benzene rings is 2. The van der Waals surface area contributed by atoms with Gasteiger partial charge in [-0.3, -0.25) is 34.2 Å². The van der Waals surface area contributed by atoms with Gasteiger partial charge < -0.3 is 25.4 Å². The van der Waals surface area contributed by atoms with E-state index < -0.39 is 65.4 Å². The van der Waals surface area contributed by atoms with Gasteiger partial charge in [-0.2, -0.15) is 4.39 Å². The average Bonchev–Trinajstić information content (AvgIpc) is 3.70. The number of hydrogen-bond acceptors (Lipinski definition) is 11. The normalized spacial score (nSPS) is 19.5. The van der Waals surface area contributed by atoms with Crippen molar-refractivity contribution in [1.82, 2.24) is 15.2 Å². The Kier molecular flexibility index (Phi) is 11.3. The van der Waals surface area contributed by atoms with E-state index in [0.717, 1.165) is 36.3 Å². The van der Waals surface area contributed by atoms with Gasteiger partial charge in [-0.1, -0.05) is 27.2 Å². The van der Waals surface area contributed by atoms with Crippen molar-refractivity contribution in [2.75, 3.05) is 43.1 Å². The molecule has 54 heavy (non-hydrogen) atoms. The number of ether oxygens (including phenoxy) is 2. The number of carbonyl (C=O) groups is 5. The van der Waals surface area contributed by atoms with Gasteiger partial charge in [-0.25, -0.2) is 13.8 Å². The number of fused-ring (bicyclic) bond motifs is 1. The molecule has 5 amide bonds. The molecule has 0 radical (unpaired) electrons. The first-order valence-corrected chi connectivity index (χ1v) is 18.5. The van der Waals surface area contributed by atoms with E-state index in [9.17, 15) is 32.8 Å². The van der Waals surface area contributed by atoms with Crippen molar-refractivity contribution in [2.45, 2.75) is 65.0 Å². The van der Waals surface area contributed by atoms with Crippen LogP contribution < -0.4 is 26.0 Å². The van der Waals surface area contributed by atoms with Gasteiger partial charge in [0.05, 0.1) is 41.8 Å². The molecule has 2 saturated heterocycles. The second-order valence-electron chi connectivity index (χ2n) is 14.7. The first-order chi connectivity index (χ1) is 25.6. The van der Waals surface area contributed by atoms with Crippen LogP contribution in [0.15, 0.2) is 29.6 Å². The number of morpholine rings is 1. The molecule has 3 aliphatic rings. The van der Waals surface area contributed by atoms with E-state index in [2.05, 4.69) is 22.5 Å². The summed E-state index contributed by atoms with van der Waals surface area (Å²) in [6.07, 6.45) is 2.37. The summed E-state index contributed by atoms with van der Waals surface area (Å²) in [6.45, 7) is 7.52. The smallest absolute Gasteiger partial charge is 0.262 e. The number of amides is 5. The van der Waals surface area contributed by atoms with Gasteiger partial charge in [0.1, 0.15) is 11.9 Å². The largest absolute Gasteiger partial charge is 0.480 e. The third-order valence-electron chi connectivity index (χ3n) is 9.92. The predicted molar refractivity (Wildman–Crippen MR) is 192 cm³/mol. The SMILES string of the molecule is CC(CCC(C)(C)CNc1cc2c(cc1F)C(=O)N(C1CCC(=O)NC1=O)C2=O)CC1COCCN1c1nc(-c2ccc(F)c(F)c2OCC(N)=O)cs1. The Morgan fingerprint density at radius 1 is 1.13 bits per heavy atom. The van der Waals surface area contributed by atoms with E-state index in [0.29, 0.717) is 37.1 Å². The molecule has 4 heterocycles. The van der Waals surface area contributed by atoms with E-state index in [1.54, 1.807) is 5.38 Å². The molecule has 2 fully saturated rings. The third kappa shape index (κ3) is 8.21. The zero-order chi connectivity index (χ0) is 38.9. The van der Waals surface area contributed by atoms with Crippen LogP contribution in [0.5, 0.6) is 5.75 Å². The number of hydrogen-bond donors (Lipinski definition) is 3. The zero-order valence-corrected chi connectivity index (χ0v) is 30.8. The van der Waals surface area contributed by atoms with E-state index in [-0.39, 0.29) is 52.6 Å². The van der Waals surface area contributed by atoms with E-state index >= 15 is 4.39 Å². The Morgan fingerprint density at radius 3 is 2.59 bits per heavy atom. The van der Waals surface area contributed by atoms with Gasteiger partial charge >= 0.3 is 0 Å². The van der Waals surface area contributed by atoms with Crippen LogP contribution in [0.1, 0.15) is 73.6 Å². The highest BCUT2D eigenvalue weighted by Crippen LogP contribution is 2.38. The first kappa shape index (κ1) is 38.7. The van der Waals surface area contributed by atoms with Crippen molar-refractivity contribution in [3.05, 3.63) is 58.2 Å². The van der Waals surface area contributed by atoms with Crippen LogP contribution >= 0.6 is 11.3 Å². The van der Waals surface area contributed by atoms with Crippen molar-refractivity contribution in [2.24, 2.45) is 17.1 Å². The Morgan fingerprint density at radius 2 is 1.87 bits per heavy atom. The van der Waals surface area contributed by atoms with E-state index in [1.807, 2.05) is 13.8 Å². The molecule has 1 aromatic heterocycles.